The summed E-state index contributed by atoms with van der Waals surface area (Å²) in [5.74, 6) is -0.972. The molecule has 0 aromatic heterocycles. The van der Waals surface area contributed by atoms with Crippen molar-refractivity contribution in [3.63, 3.8) is 0 Å². The number of likely N-dealkylation sites (N-methyl/N-ethyl adjacent to an activating group) is 1. The van der Waals surface area contributed by atoms with Gasteiger partial charge >= 0.3 is 12.1 Å². The molecule has 28 heavy (non-hydrogen) atoms. The van der Waals surface area contributed by atoms with Crippen LogP contribution < -0.4 is 0 Å². The average molecular weight is 379 g/mol. The van der Waals surface area contributed by atoms with Crippen LogP contribution >= 0.6 is 0 Å². The highest BCUT2D eigenvalue weighted by atomic mass is 16.6. The molecule has 1 saturated carbocycles. The Kier molecular flexibility index (Phi) is 4.84. The summed E-state index contributed by atoms with van der Waals surface area (Å²) in [6.45, 7) is 0.201. The van der Waals surface area contributed by atoms with Crippen LogP contribution in [0.5, 0.6) is 0 Å². The van der Waals surface area contributed by atoms with E-state index in [2.05, 4.69) is 24.3 Å². The molecule has 146 valence electrons. The molecule has 0 aliphatic heterocycles. The Morgan fingerprint density at radius 2 is 1.54 bits per heavy atom. The summed E-state index contributed by atoms with van der Waals surface area (Å²) in [6.07, 6.45) is 3.02. The molecule has 0 atom stereocenters. The minimum atomic E-state index is -1.15. The maximum absolute atomic E-state index is 12.8. The summed E-state index contributed by atoms with van der Waals surface area (Å²) in [5.41, 5.74) is 3.47. The number of amides is 1. The van der Waals surface area contributed by atoms with Crippen molar-refractivity contribution < 1.29 is 19.4 Å². The van der Waals surface area contributed by atoms with E-state index in [0.717, 1.165) is 30.4 Å². The zero-order chi connectivity index (χ0) is 19.7. The quantitative estimate of drug-likeness (QED) is 0.839. The van der Waals surface area contributed by atoms with Crippen LogP contribution in [0.2, 0.25) is 0 Å². The predicted octanol–water partition coefficient (Wildman–Crippen LogP) is 4.65. The van der Waals surface area contributed by atoms with E-state index >= 15 is 0 Å². The summed E-state index contributed by atoms with van der Waals surface area (Å²) in [5, 5.41) is 9.80. The monoisotopic (exact) mass is 379 g/mol. The molecule has 2 aliphatic carbocycles. The summed E-state index contributed by atoms with van der Waals surface area (Å²) in [6, 6.07) is 16.3. The number of carboxylic acid groups (broad SMARTS) is 1. The topological polar surface area (TPSA) is 66.8 Å². The maximum atomic E-state index is 12.8. The Hall–Kier alpha value is -2.82. The second kappa shape index (κ2) is 7.30. The van der Waals surface area contributed by atoms with Gasteiger partial charge in [-0.1, -0.05) is 67.8 Å². The molecule has 5 nitrogen and oxygen atoms in total. The number of ether oxygens (including phenoxy) is 1. The fraction of sp³-hybridized carbons (Fsp3) is 0.391. The van der Waals surface area contributed by atoms with E-state index in [1.807, 2.05) is 24.3 Å². The Morgan fingerprint density at radius 1 is 1.00 bits per heavy atom. The largest absolute Gasteiger partial charge is 0.479 e. The Balaban J connectivity index is 1.53. The van der Waals surface area contributed by atoms with Crippen LogP contribution in [0.4, 0.5) is 4.79 Å². The van der Waals surface area contributed by atoms with E-state index in [9.17, 15) is 14.7 Å². The van der Waals surface area contributed by atoms with Crippen LogP contribution in [0.15, 0.2) is 48.5 Å². The summed E-state index contributed by atoms with van der Waals surface area (Å²) >= 11 is 0. The van der Waals surface area contributed by atoms with Gasteiger partial charge in [-0.2, -0.15) is 0 Å². The number of benzene rings is 2. The molecule has 0 spiro atoms. The lowest BCUT2D eigenvalue weighted by Crippen LogP contribution is -2.56. The van der Waals surface area contributed by atoms with Crippen LogP contribution in [0.25, 0.3) is 11.1 Å². The molecular formula is C23H25NO4. The molecule has 5 heteroatoms. The Labute approximate surface area is 164 Å². The van der Waals surface area contributed by atoms with Gasteiger partial charge < -0.3 is 9.84 Å². The molecule has 2 aromatic carbocycles. The number of hydrogen-bond donors (Lipinski definition) is 1. The molecule has 2 aromatic rings. The van der Waals surface area contributed by atoms with Gasteiger partial charge in [0.05, 0.1) is 0 Å². The predicted molar refractivity (Wildman–Crippen MR) is 106 cm³/mol. The van der Waals surface area contributed by atoms with Crippen molar-refractivity contribution in [3.8, 4) is 11.1 Å². The second-order valence-corrected chi connectivity index (χ2v) is 7.76. The van der Waals surface area contributed by atoms with Crippen LogP contribution in [0.1, 0.15) is 49.1 Å². The number of nitrogens with zero attached hydrogens (tertiary/aromatic N) is 1. The first-order chi connectivity index (χ1) is 13.5. The van der Waals surface area contributed by atoms with Gasteiger partial charge in [0.1, 0.15) is 12.1 Å². The van der Waals surface area contributed by atoms with E-state index in [0.29, 0.717) is 12.8 Å². The zero-order valence-electron chi connectivity index (χ0n) is 16.1. The molecule has 2 aliphatic rings. The lowest BCUT2D eigenvalue weighted by molar-refractivity contribution is -0.152. The minimum Gasteiger partial charge on any atom is -0.479 e. The van der Waals surface area contributed by atoms with Crippen molar-refractivity contribution in [3.05, 3.63) is 59.7 Å². The standard InChI is InChI=1S/C23H25NO4/c1-24(23(21(25)26)13-7-2-8-14-23)22(27)28-15-20-18-11-5-3-9-16(18)17-10-4-6-12-19(17)20/h3-6,9-12,20H,2,7-8,13-15H2,1H3,(H,25,26). The number of rotatable bonds is 4. The molecule has 1 amide bonds. The first-order valence-corrected chi connectivity index (χ1v) is 9.87. The highest BCUT2D eigenvalue weighted by Gasteiger charge is 2.46. The van der Waals surface area contributed by atoms with Crippen molar-refractivity contribution in [1.82, 2.24) is 4.90 Å². The van der Waals surface area contributed by atoms with Crippen LogP contribution in [-0.4, -0.2) is 41.3 Å². The Morgan fingerprint density at radius 3 is 2.07 bits per heavy atom. The molecule has 0 bridgehead atoms. The van der Waals surface area contributed by atoms with Gasteiger partial charge in [-0.15, -0.1) is 0 Å². The van der Waals surface area contributed by atoms with E-state index in [1.165, 1.54) is 16.0 Å². The van der Waals surface area contributed by atoms with Crippen LogP contribution in [0, 0.1) is 0 Å². The number of fused-ring (bicyclic) bond motifs is 3. The minimum absolute atomic E-state index is 0.0307. The van der Waals surface area contributed by atoms with Gasteiger partial charge in [-0.25, -0.2) is 9.59 Å². The number of carboxylic acids is 1. The third-order valence-corrected chi connectivity index (χ3v) is 6.33. The third kappa shape index (κ3) is 2.95. The second-order valence-electron chi connectivity index (χ2n) is 7.76. The van der Waals surface area contributed by atoms with Crippen molar-refractivity contribution in [1.29, 1.82) is 0 Å². The summed E-state index contributed by atoms with van der Waals surface area (Å²) in [4.78, 5) is 26.0. The van der Waals surface area contributed by atoms with E-state index in [4.69, 9.17) is 4.74 Å². The molecule has 0 unspecified atom stereocenters. The van der Waals surface area contributed by atoms with Crippen LogP contribution in [0.3, 0.4) is 0 Å². The molecule has 0 heterocycles. The van der Waals surface area contributed by atoms with Gasteiger partial charge in [0, 0.05) is 13.0 Å². The highest BCUT2D eigenvalue weighted by Crippen LogP contribution is 2.44. The smallest absolute Gasteiger partial charge is 0.410 e. The number of carbonyl (C=O) groups is 2. The average Bonchev–Trinajstić information content (AvgIpc) is 3.05. The number of aliphatic carboxylic acids is 1. The molecule has 1 fully saturated rings. The fourth-order valence-corrected chi connectivity index (χ4v) is 4.69. The lowest BCUT2D eigenvalue weighted by Gasteiger charge is -2.40. The fourth-order valence-electron chi connectivity index (χ4n) is 4.69. The van der Waals surface area contributed by atoms with Gasteiger partial charge in [-0.05, 0) is 35.1 Å². The zero-order valence-corrected chi connectivity index (χ0v) is 16.1. The normalized spacial score (nSPS) is 17.5. The van der Waals surface area contributed by atoms with Crippen molar-refractivity contribution in [2.24, 2.45) is 0 Å². The lowest BCUT2D eigenvalue weighted by atomic mass is 9.80. The third-order valence-electron chi connectivity index (χ3n) is 6.33. The molecule has 0 radical (unpaired) electrons. The van der Waals surface area contributed by atoms with E-state index in [1.54, 1.807) is 7.05 Å². The van der Waals surface area contributed by atoms with Gasteiger partial charge in [0.25, 0.3) is 0 Å². The summed E-state index contributed by atoms with van der Waals surface area (Å²) < 4.78 is 5.65. The Bertz CT molecular complexity index is 855. The van der Waals surface area contributed by atoms with Gasteiger partial charge in [0.2, 0.25) is 0 Å². The van der Waals surface area contributed by atoms with E-state index in [-0.39, 0.29) is 12.5 Å². The van der Waals surface area contributed by atoms with Crippen molar-refractivity contribution in [2.45, 2.75) is 43.6 Å². The first kappa shape index (κ1) is 18.5. The van der Waals surface area contributed by atoms with Crippen molar-refractivity contribution in [2.75, 3.05) is 13.7 Å². The highest BCUT2D eigenvalue weighted by molar-refractivity contribution is 5.84. The molecule has 4 rings (SSSR count). The molecule has 1 N–H and O–H groups in total. The van der Waals surface area contributed by atoms with Crippen molar-refractivity contribution >= 4 is 12.1 Å². The molecule has 0 saturated heterocycles. The number of carbonyl (C=O) groups excluding carboxylic acids is 1. The van der Waals surface area contributed by atoms with E-state index < -0.39 is 17.6 Å². The summed E-state index contributed by atoms with van der Waals surface area (Å²) in [7, 11) is 1.55. The van der Waals surface area contributed by atoms with Gasteiger partial charge in [-0.3, -0.25) is 4.90 Å². The first-order valence-electron chi connectivity index (χ1n) is 9.87. The SMILES string of the molecule is CN(C(=O)OCC1c2ccccc2-c2ccccc21)C1(C(=O)O)CCCCC1. The number of hydrogen-bond acceptors (Lipinski definition) is 3. The van der Waals surface area contributed by atoms with Gasteiger partial charge in [0.15, 0.2) is 0 Å². The maximum Gasteiger partial charge on any atom is 0.410 e. The van der Waals surface area contributed by atoms with Crippen LogP contribution in [-0.2, 0) is 9.53 Å². The molecular weight excluding hydrogens is 354 g/mol.